The molecule has 0 fully saturated rings. The van der Waals surface area contributed by atoms with E-state index >= 15 is 0 Å². The molecule has 0 aromatic heterocycles. The van der Waals surface area contributed by atoms with E-state index in [0.29, 0.717) is 6.42 Å². The highest BCUT2D eigenvalue weighted by Gasteiger charge is 2.05. The zero-order valence-corrected chi connectivity index (χ0v) is 30.1. The van der Waals surface area contributed by atoms with Crippen molar-refractivity contribution < 1.29 is 14.4 Å². The molecule has 0 aromatic carbocycles. The van der Waals surface area contributed by atoms with Crippen LogP contribution >= 0.6 is 0 Å². The normalized spacial score (nSPS) is 11.5. The van der Waals surface area contributed by atoms with Crippen LogP contribution < -0.4 is 0 Å². The summed E-state index contributed by atoms with van der Waals surface area (Å²) in [7, 11) is 6.89. The Morgan fingerprint density at radius 1 is 0.381 bits per heavy atom. The Morgan fingerprint density at radius 3 is 0.810 bits per heavy atom. The lowest BCUT2D eigenvalue weighted by atomic mass is 10.0. The molecule has 1 N–H and O–H groups in total. The van der Waals surface area contributed by atoms with E-state index in [9.17, 15) is 4.79 Å². The number of unbranched alkanes of at least 4 members (excludes halogenated alkanes) is 29. The van der Waals surface area contributed by atoms with E-state index in [0.717, 1.165) is 17.3 Å². The predicted molar refractivity (Wildman–Crippen MR) is 190 cm³/mol. The van der Waals surface area contributed by atoms with Gasteiger partial charge in [0.1, 0.15) is 0 Å². The fraction of sp³-hybridized carbons (Fsp3) is 0.974. The number of carboxylic acid groups (broad SMARTS) is 1. The van der Waals surface area contributed by atoms with E-state index in [1.165, 1.54) is 193 Å². The van der Waals surface area contributed by atoms with Gasteiger partial charge in [-0.25, -0.2) is 0 Å². The molecule has 0 saturated carbocycles. The zero-order chi connectivity index (χ0) is 31.4. The fourth-order valence-electron chi connectivity index (χ4n) is 5.78. The van der Waals surface area contributed by atoms with Crippen molar-refractivity contribution in [3.8, 4) is 0 Å². The van der Waals surface area contributed by atoms with Gasteiger partial charge in [0.2, 0.25) is 0 Å². The molecule has 0 aliphatic heterocycles. The van der Waals surface area contributed by atoms with E-state index in [2.05, 4.69) is 35.0 Å². The van der Waals surface area contributed by atoms with E-state index in [1.54, 1.807) is 0 Å². The Balaban J connectivity index is 0. The quantitative estimate of drug-likeness (QED) is 0.0604. The summed E-state index contributed by atoms with van der Waals surface area (Å²) in [4.78, 5) is 10.3. The van der Waals surface area contributed by atoms with Crippen molar-refractivity contribution in [2.45, 2.75) is 219 Å². The van der Waals surface area contributed by atoms with Crippen molar-refractivity contribution in [1.82, 2.24) is 0 Å². The standard InChI is InChI=1S/C21H46N.C18H36O2/c1-5-6-7-8-9-10-11-12-13-14-15-16-17-18-19-20-21-22(2,3)4;1-2-3-4-5-6-7-8-9-10-11-12-13-14-15-16-17-18(19)20/h5-21H2,1-4H3;2-17H2,1H3,(H,19,20)/q+1;. The maximum atomic E-state index is 10.3. The Hall–Kier alpha value is -0.570. The van der Waals surface area contributed by atoms with Crippen molar-refractivity contribution in [3.63, 3.8) is 0 Å². The molecule has 0 bridgehead atoms. The Bertz CT molecular complexity index is 499. The molecule has 0 unspecified atom stereocenters. The van der Waals surface area contributed by atoms with E-state index < -0.39 is 5.97 Å². The van der Waals surface area contributed by atoms with Crippen LogP contribution in [0.2, 0.25) is 0 Å². The number of carbonyl (C=O) groups is 1. The molecule has 3 nitrogen and oxygen atoms in total. The minimum Gasteiger partial charge on any atom is -0.481 e. The molecule has 0 amide bonds. The number of hydrogen-bond acceptors (Lipinski definition) is 1. The maximum absolute atomic E-state index is 10.3. The van der Waals surface area contributed by atoms with Gasteiger partial charge in [0, 0.05) is 6.42 Å². The number of hydrogen-bond donors (Lipinski definition) is 1. The number of rotatable bonds is 33. The first-order chi connectivity index (χ1) is 20.3. The van der Waals surface area contributed by atoms with Crippen molar-refractivity contribution in [3.05, 3.63) is 0 Å². The van der Waals surface area contributed by atoms with Gasteiger partial charge in [0.15, 0.2) is 0 Å². The van der Waals surface area contributed by atoms with Crippen LogP contribution in [-0.2, 0) is 4.79 Å². The molecule has 0 rings (SSSR count). The van der Waals surface area contributed by atoms with Gasteiger partial charge in [-0.15, -0.1) is 0 Å². The first-order valence-electron chi connectivity index (χ1n) is 19.4. The van der Waals surface area contributed by atoms with Crippen LogP contribution in [0.25, 0.3) is 0 Å². The molecule has 0 aliphatic carbocycles. The molecule has 0 heterocycles. The van der Waals surface area contributed by atoms with E-state index in [1.807, 2.05) is 0 Å². The third kappa shape index (κ3) is 46.4. The van der Waals surface area contributed by atoms with Gasteiger partial charge in [-0.05, 0) is 19.3 Å². The molecular formula is C39H82NO2+. The van der Waals surface area contributed by atoms with Crippen LogP contribution in [0, 0.1) is 0 Å². The van der Waals surface area contributed by atoms with Crippen molar-refractivity contribution in [2.24, 2.45) is 0 Å². The third-order valence-electron chi connectivity index (χ3n) is 8.68. The minimum absolute atomic E-state index is 0.345. The summed E-state index contributed by atoms with van der Waals surface area (Å²) in [5.41, 5.74) is 0. The van der Waals surface area contributed by atoms with Gasteiger partial charge in [-0.3, -0.25) is 4.79 Å². The summed E-state index contributed by atoms with van der Waals surface area (Å²) in [6.07, 6.45) is 43.6. The summed E-state index contributed by atoms with van der Waals surface area (Å²) < 4.78 is 1.12. The van der Waals surface area contributed by atoms with Gasteiger partial charge in [-0.2, -0.15) is 0 Å². The Labute approximate surface area is 267 Å². The highest BCUT2D eigenvalue weighted by Crippen LogP contribution is 2.15. The molecule has 254 valence electrons. The van der Waals surface area contributed by atoms with Crippen molar-refractivity contribution >= 4 is 5.97 Å². The summed E-state index contributed by atoms with van der Waals surface area (Å²) >= 11 is 0. The lowest BCUT2D eigenvalue weighted by Crippen LogP contribution is -2.35. The smallest absolute Gasteiger partial charge is 0.303 e. The topological polar surface area (TPSA) is 37.3 Å². The highest BCUT2D eigenvalue weighted by atomic mass is 16.4. The van der Waals surface area contributed by atoms with E-state index in [4.69, 9.17) is 5.11 Å². The zero-order valence-electron chi connectivity index (χ0n) is 30.1. The van der Waals surface area contributed by atoms with Gasteiger partial charge in [0.25, 0.3) is 0 Å². The minimum atomic E-state index is -0.653. The predicted octanol–water partition coefficient (Wildman–Crippen LogP) is 13.3. The monoisotopic (exact) mass is 597 g/mol. The van der Waals surface area contributed by atoms with Crippen LogP contribution in [-0.4, -0.2) is 43.2 Å². The average Bonchev–Trinajstić information content (AvgIpc) is 2.94. The van der Waals surface area contributed by atoms with Crippen LogP contribution in [0.3, 0.4) is 0 Å². The SMILES string of the molecule is CCCCCCCCCCCCCCCCCC(=O)O.CCCCCCCCCCCCCCCCCC[N+](C)(C)C. The van der Waals surface area contributed by atoms with Crippen LogP contribution in [0.1, 0.15) is 219 Å². The average molecular weight is 597 g/mol. The van der Waals surface area contributed by atoms with E-state index in [-0.39, 0.29) is 0 Å². The summed E-state index contributed by atoms with van der Waals surface area (Å²) in [6.45, 7) is 5.90. The molecular weight excluding hydrogens is 514 g/mol. The molecule has 0 aliphatic rings. The fourth-order valence-corrected chi connectivity index (χ4v) is 5.78. The van der Waals surface area contributed by atoms with Crippen molar-refractivity contribution in [1.29, 1.82) is 0 Å². The molecule has 42 heavy (non-hydrogen) atoms. The molecule has 0 atom stereocenters. The Kier molecular flexibility index (Phi) is 38.0. The van der Waals surface area contributed by atoms with Gasteiger partial charge < -0.3 is 9.59 Å². The second-order valence-corrected chi connectivity index (χ2v) is 14.4. The summed E-state index contributed by atoms with van der Waals surface area (Å²) in [5.74, 6) is -0.653. The first-order valence-corrected chi connectivity index (χ1v) is 19.4. The lowest BCUT2D eigenvalue weighted by molar-refractivity contribution is -0.870. The molecule has 0 radical (unpaired) electrons. The van der Waals surface area contributed by atoms with Crippen molar-refractivity contribution in [2.75, 3.05) is 27.7 Å². The van der Waals surface area contributed by atoms with Crippen LogP contribution in [0.4, 0.5) is 0 Å². The summed E-state index contributed by atoms with van der Waals surface area (Å²) in [6, 6.07) is 0. The maximum Gasteiger partial charge on any atom is 0.303 e. The first kappa shape index (κ1) is 43.6. The summed E-state index contributed by atoms with van der Waals surface area (Å²) in [5, 5.41) is 8.52. The number of carboxylic acids is 1. The van der Waals surface area contributed by atoms with Crippen LogP contribution in [0.5, 0.6) is 0 Å². The number of nitrogens with zero attached hydrogens (tertiary/aromatic N) is 1. The largest absolute Gasteiger partial charge is 0.481 e. The second-order valence-electron chi connectivity index (χ2n) is 14.4. The molecule has 3 heteroatoms. The lowest BCUT2D eigenvalue weighted by Gasteiger charge is -2.23. The second kappa shape index (κ2) is 36.6. The van der Waals surface area contributed by atoms with Gasteiger partial charge >= 0.3 is 5.97 Å². The van der Waals surface area contributed by atoms with Gasteiger partial charge in [-0.1, -0.05) is 194 Å². The number of quaternary nitrogens is 1. The third-order valence-corrected chi connectivity index (χ3v) is 8.68. The molecule has 0 aromatic rings. The van der Waals surface area contributed by atoms with Crippen LogP contribution in [0.15, 0.2) is 0 Å². The van der Waals surface area contributed by atoms with Gasteiger partial charge in [0.05, 0.1) is 27.7 Å². The molecule has 0 saturated heterocycles. The molecule has 0 spiro atoms. The number of aliphatic carboxylic acids is 1. The highest BCUT2D eigenvalue weighted by molar-refractivity contribution is 5.66. The Morgan fingerprint density at radius 2 is 0.595 bits per heavy atom.